The lowest BCUT2D eigenvalue weighted by molar-refractivity contribution is 0.673. The monoisotopic (exact) mass is 436 g/mol. The molecule has 2 heterocycles. The van der Waals surface area contributed by atoms with Gasteiger partial charge in [-0.25, -0.2) is 0 Å². The standard InChI is InChI=1S/C25H13BrN2O/c26-16-11-15(14-27)12-17(13-16)28-21-7-3-1-6-20(21)24-22(28)10-9-19-18-5-2-4-8-23(18)29-25(19)24/h1-13H. The summed E-state index contributed by atoms with van der Waals surface area (Å²) in [6, 6.07) is 28.8. The highest BCUT2D eigenvalue weighted by Gasteiger charge is 2.18. The van der Waals surface area contributed by atoms with Gasteiger partial charge in [0, 0.05) is 26.3 Å². The van der Waals surface area contributed by atoms with Crippen LogP contribution < -0.4 is 0 Å². The zero-order chi connectivity index (χ0) is 19.5. The van der Waals surface area contributed by atoms with E-state index in [1.807, 2.05) is 42.5 Å². The molecule has 0 atom stereocenters. The van der Waals surface area contributed by atoms with Crippen molar-refractivity contribution in [2.45, 2.75) is 0 Å². The maximum atomic E-state index is 9.44. The summed E-state index contributed by atoms with van der Waals surface area (Å²) in [5.41, 5.74) is 5.48. The quantitative estimate of drug-likeness (QED) is 0.271. The number of hydrogen-bond donors (Lipinski definition) is 0. The van der Waals surface area contributed by atoms with Gasteiger partial charge in [-0.1, -0.05) is 52.3 Å². The molecule has 0 aliphatic carbocycles. The Hall–Kier alpha value is -3.55. The fourth-order valence-electron chi connectivity index (χ4n) is 4.28. The van der Waals surface area contributed by atoms with Crippen LogP contribution >= 0.6 is 15.9 Å². The number of benzene rings is 4. The predicted molar refractivity (Wildman–Crippen MR) is 120 cm³/mol. The zero-order valence-corrected chi connectivity index (χ0v) is 16.8. The number of aromatic nitrogens is 1. The Morgan fingerprint density at radius 3 is 2.45 bits per heavy atom. The average Bonchev–Trinajstić information content (AvgIpc) is 3.28. The first-order valence-corrected chi connectivity index (χ1v) is 10.1. The molecule has 4 heteroatoms. The normalized spacial score (nSPS) is 11.6. The van der Waals surface area contributed by atoms with Crippen molar-refractivity contribution in [3.05, 3.63) is 88.9 Å². The van der Waals surface area contributed by atoms with Crippen LogP contribution in [0.15, 0.2) is 87.8 Å². The van der Waals surface area contributed by atoms with Gasteiger partial charge in [-0.15, -0.1) is 0 Å². The number of halogens is 1. The molecule has 0 radical (unpaired) electrons. The van der Waals surface area contributed by atoms with Gasteiger partial charge < -0.3 is 8.98 Å². The van der Waals surface area contributed by atoms with E-state index in [9.17, 15) is 5.26 Å². The highest BCUT2D eigenvalue weighted by molar-refractivity contribution is 9.10. The van der Waals surface area contributed by atoms with Crippen LogP contribution in [-0.4, -0.2) is 4.57 Å². The molecule has 0 aliphatic heterocycles. The van der Waals surface area contributed by atoms with Crippen LogP contribution in [-0.2, 0) is 0 Å². The van der Waals surface area contributed by atoms with Crippen molar-refractivity contribution in [3.63, 3.8) is 0 Å². The summed E-state index contributed by atoms with van der Waals surface area (Å²) in [5.74, 6) is 0. The van der Waals surface area contributed by atoms with Crippen LogP contribution in [0.5, 0.6) is 0 Å². The molecule has 6 rings (SSSR count). The fourth-order valence-corrected chi connectivity index (χ4v) is 4.76. The van der Waals surface area contributed by atoms with Crippen LogP contribution in [0, 0.1) is 11.3 Å². The van der Waals surface area contributed by atoms with Gasteiger partial charge in [-0.3, -0.25) is 0 Å². The molecule has 29 heavy (non-hydrogen) atoms. The third kappa shape index (κ3) is 2.28. The Labute approximate surface area is 174 Å². The molecule has 2 aromatic heterocycles. The van der Waals surface area contributed by atoms with Gasteiger partial charge >= 0.3 is 0 Å². The molecule has 0 amide bonds. The molecule has 0 spiro atoms. The molecular weight excluding hydrogens is 424 g/mol. The molecule has 0 fully saturated rings. The number of hydrogen-bond acceptors (Lipinski definition) is 2. The van der Waals surface area contributed by atoms with Gasteiger partial charge in [0.15, 0.2) is 0 Å². The van der Waals surface area contributed by atoms with Crippen LogP contribution in [0.4, 0.5) is 0 Å². The van der Waals surface area contributed by atoms with Crippen molar-refractivity contribution in [2.75, 3.05) is 0 Å². The first kappa shape index (κ1) is 16.4. The lowest BCUT2D eigenvalue weighted by atomic mass is 10.1. The van der Waals surface area contributed by atoms with E-state index in [1.54, 1.807) is 0 Å². The van der Waals surface area contributed by atoms with E-state index in [4.69, 9.17) is 4.42 Å². The van der Waals surface area contributed by atoms with E-state index in [1.165, 1.54) is 0 Å². The molecule has 0 unspecified atom stereocenters. The molecule has 0 saturated heterocycles. The van der Waals surface area contributed by atoms with Crippen molar-refractivity contribution >= 4 is 59.7 Å². The molecule has 0 aliphatic rings. The maximum absolute atomic E-state index is 9.44. The third-order valence-corrected chi connectivity index (χ3v) is 5.91. The molecule has 0 saturated carbocycles. The Morgan fingerprint density at radius 2 is 1.59 bits per heavy atom. The number of nitrogens with zero attached hydrogens (tertiary/aromatic N) is 2. The summed E-state index contributed by atoms with van der Waals surface area (Å²) < 4.78 is 9.39. The van der Waals surface area contributed by atoms with E-state index in [0.29, 0.717) is 5.56 Å². The zero-order valence-electron chi connectivity index (χ0n) is 15.2. The topological polar surface area (TPSA) is 41.9 Å². The number of para-hydroxylation sites is 2. The van der Waals surface area contributed by atoms with Crippen molar-refractivity contribution in [2.24, 2.45) is 0 Å². The maximum Gasteiger partial charge on any atom is 0.145 e. The number of nitriles is 1. The molecule has 3 nitrogen and oxygen atoms in total. The summed E-state index contributed by atoms with van der Waals surface area (Å²) in [5, 5.41) is 13.9. The minimum absolute atomic E-state index is 0.616. The summed E-state index contributed by atoms with van der Waals surface area (Å²) in [4.78, 5) is 0. The molecule has 0 bridgehead atoms. The first-order chi connectivity index (χ1) is 14.2. The molecular formula is C25H13BrN2O. The number of rotatable bonds is 1. The van der Waals surface area contributed by atoms with E-state index in [-0.39, 0.29) is 0 Å². The van der Waals surface area contributed by atoms with E-state index >= 15 is 0 Å². The van der Waals surface area contributed by atoms with Crippen molar-refractivity contribution in [1.82, 2.24) is 4.57 Å². The second-order valence-corrected chi connectivity index (χ2v) is 8.01. The van der Waals surface area contributed by atoms with Crippen molar-refractivity contribution < 1.29 is 4.42 Å². The molecule has 0 N–H and O–H groups in total. The van der Waals surface area contributed by atoms with Gasteiger partial charge in [-0.05, 0) is 42.5 Å². The summed E-state index contributed by atoms with van der Waals surface area (Å²) in [6.45, 7) is 0. The third-order valence-electron chi connectivity index (χ3n) is 5.45. The van der Waals surface area contributed by atoms with E-state index < -0.39 is 0 Å². The van der Waals surface area contributed by atoms with Crippen molar-refractivity contribution in [3.8, 4) is 11.8 Å². The first-order valence-electron chi connectivity index (χ1n) is 9.29. The molecule has 4 aromatic carbocycles. The number of furan rings is 1. The fraction of sp³-hybridized carbons (Fsp3) is 0. The van der Waals surface area contributed by atoms with Gasteiger partial charge in [0.25, 0.3) is 0 Å². The lowest BCUT2D eigenvalue weighted by Crippen LogP contribution is -1.94. The summed E-state index contributed by atoms with van der Waals surface area (Å²) in [6.07, 6.45) is 0. The van der Waals surface area contributed by atoms with Gasteiger partial charge in [-0.2, -0.15) is 5.26 Å². The smallest absolute Gasteiger partial charge is 0.145 e. The van der Waals surface area contributed by atoms with Crippen LogP contribution in [0.25, 0.3) is 49.4 Å². The largest absolute Gasteiger partial charge is 0.455 e. The Balaban J connectivity index is 1.84. The highest BCUT2D eigenvalue weighted by Crippen LogP contribution is 2.40. The highest BCUT2D eigenvalue weighted by atomic mass is 79.9. The number of fused-ring (bicyclic) bond motifs is 7. The van der Waals surface area contributed by atoms with Crippen LogP contribution in [0.3, 0.4) is 0 Å². The van der Waals surface area contributed by atoms with E-state index in [2.05, 4.69) is 63.0 Å². The van der Waals surface area contributed by atoms with Crippen LogP contribution in [0.2, 0.25) is 0 Å². The summed E-state index contributed by atoms with van der Waals surface area (Å²) >= 11 is 3.55. The Kier molecular flexibility index (Phi) is 3.38. The predicted octanol–water partition coefficient (Wildman–Crippen LogP) is 7.32. The van der Waals surface area contributed by atoms with Crippen molar-refractivity contribution in [1.29, 1.82) is 5.26 Å². The van der Waals surface area contributed by atoms with Gasteiger partial charge in [0.2, 0.25) is 0 Å². The SMILES string of the molecule is N#Cc1cc(Br)cc(-n2c3ccccc3c3c4oc5ccccc5c4ccc32)c1. The summed E-state index contributed by atoms with van der Waals surface area (Å²) in [7, 11) is 0. The van der Waals surface area contributed by atoms with Gasteiger partial charge in [0.1, 0.15) is 11.2 Å². The molecule has 6 aromatic rings. The van der Waals surface area contributed by atoms with E-state index in [0.717, 1.165) is 53.9 Å². The minimum Gasteiger partial charge on any atom is -0.455 e. The Bertz CT molecular complexity index is 1630. The molecule has 136 valence electrons. The average molecular weight is 437 g/mol. The van der Waals surface area contributed by atoms with Crippen LogP contribution in [0.1, 0.15) is 5.56 Å². The lowest BCUT2D eigenvalue weighted by Gasteiger charge is -2.09. The second kappa shape index (κ2) is 5.97. The van der Waals surface area contributed by atoms with Gasteiger partial charge in [0.05, 0.1) is 28.1 Å². The Morgan fingerprint density at radius 1 is 0.793 bits per heavy atom. The minimum atomic E-state index is 0.616. The second-order valence-electron chi connectivity index (χ2n) is 7.10.